The molecule has 0 bridgehead atoms. The molecule has 0 heterocycles. The van der Waals surface area contributed by atoms with Crippen molar-refractivity contribution in [3.05, 3.63) is 95.7 Å². The summed E-state index contributed by atoms with van der Waals surface area (Å²) in [6.07, 6.45) is 3.29. The van der Waals surface area contributed by atoms with E-state index in [1.54, 1.807) is 18.9 Å². The predicted octanol–water partition coefficient (Wildman–Crippen LogP) is 5.59. The van der Waals surface area contributed by atoms with Gasteiger partial charge in [0, 0.05) is 19.3 Å². The average molecular weight is 459 g/mol. The van der Waals surface area contributed by atoms with E-state index in [1.165, 1.54) is 11.6 Å². The number of hydrogen-bond donors (Lipinski definition) is 2. The molecule has 0 atom stereocenters. The highest BCUT2D eigenvalue weighted by Crippen LogP contribution is 2.25. The average Bonchev–Trinajstić information content (AvgIpc) is 2.87. The molecule has 0 aliphatic carbocycles. The Labute approximate surface area is 200 Å². The number of nitrogens with zero attached hydrogens (tertiary/aromatic N) is 1. The Hall–Kier alpha value is -4.06. The zero-order valence-electron chi connectivity index (χ0n) is 19.5. The minimum Gasteiger partial charge on any atom is -0.487 e. The second kappa shape index (κ2) is 12.3. The zero-order valence-corrected chi connectivity index (χ0v) is 19.5. The normalized spacial score (nSPS) is 11.1. The summed E-state index contributed by atoms with van der Waals surface area (Å²) in [5.41, 5.74) is 4.70. The van der Waals surface area contributed by atoms with Gasteiger partial charge in [-0.3, -0.25) is 4.90 Å². The van der Waals surface area contributed by atoms with Gasteiger partial charge in [0.1, 0.15) is 0 Å². The molecule has 0 saturated carbocycles. The summed E-state index contributed by atoms with van der Waals surface area (Å²) in [6, 6.07) is 25.3. The molecule has 2 N–H and O–H groups in total. The smallest absolute Gasteiger partial charge is 0.371 e. The van der Waals surface area contributed by atoms with E-state index in [1.807, 2.05) is 66.7 Å². The predicted molar refractivity (Wildman–Crippen MR) is 136 cm³/mol. The van der Waals surface area contributed by atoms with Crippen molar-refractivity contribution in [1.82, 2.24) is 5.32 Å². The molecule has 6 nitrogen and oxygen atoms in total. The molecule has 0 unspecified atom stereocenters. The summed E-state index contributed by atoms with van der Waals surface area (Å²) < 4.78 is 5.16. The van der Waals surface area contributed by atoms with Crippen LogP contribution in [0.25, 0.3) is 17.2 Å². The maximum absolute atomic E-state index is 12.6. The van der Waals surface area contributed by atoms with Crippen LogP contribution in [-0.4, -0.2) is 37.3 Å². The van der Waals surface area contributed by atoms with Crippen molar-refractivity contribution in [1.29, 1.82) is 0 Å². The minimum atomic E-state index is -1.10. The molecule has 0 fully saturated rings. The van der Waals surface area contributed by atoms with E-state index in [9.17, 15) is 14.7 Å². The molecular weight excluding hydrogens is 428 g/mol. The second-order valence-electron chi connectivity index (χ2n) is 7.80. The number of benzene rings is 3. The topological polar surface area (TPSA) is 78.9 Å². The first kappa shape index (κ1) is 24.6. The van der Waals surface area contributed by atoms with Crippen LogP contribution in [0.1, 0.15) is 24.5 Å². The van der Waals surface area contributed by atoms with Crippen molar-refractivity contribution >= 4 is 23.8 Å². The largest absolute Gasteiger partial charge is 0.487 e. The van der Waals surface area contributed by atoms with Crippen LogP contribution in [0.3, 0.4) is 0 Å². The van der Waals surface area contributed by atoms with Gasteiger partial charge in [0.25, 0.3) is 0 Å². The highest BCUT2D eigenvalue weighted by Gasteiger charge is 2.12. The highest BCUT2D eigenvalue weighted by molar-refractivity contribution is 5.92. The third-order valence-corrected chi connectivity index (χ3v) is 5.35. The number of carboxylic acid groups (broad SMARTS) is 1. The fourth-order valence-electron chi connectivity index (χ4n) is 3.51. The first-order valence-electron chi connectivity index (χ1n) is 11.3. The van der Waals surface area contributed by atoms with Crippen LogP contribution in [-0.2, 0) is 16.0 Å². The monoisotopic (exact) mass is 458 g/mol. The molecule has 176 valence electrons. The molecule has 0 saturated heterocycles. The Morgan fingerprint density at radius 3 is 2.38 bits per heavy atom. The number of rotatable bonds is 10. The van der Waals surface area contributed by atoms with Crippen molar-refractivity contribution in [2.24, 2.45) is 0 Å². The molecule has 3 aromatic carbocycles. The Morgan fingerprint density at radius 2 is 1.71 bits per heavy atom. The number of anilines is 1. The molecule has 0 aliphatic rings. The van der Waals surface area contributed by atoms with Crippen molar-refractivity contribution in [2.75, 3.05) is 25.1 Å². The van der Waals surface area contributed by atoms with Crippen LogP contribution in [0.15, 0.2) is 84.6 Å². The number of urea groups is 1. The van der Waals surface area contributed by atoms with Gasteiger partial charge in [-0.15, -0.1) is 0 Å². The van der Waals surface area contributed by atoms with Gasteiger partial charge in [-0.05, 0) is 60.2 Å². The molecule has 0 aliphatic heterocycles. The van der Waals surface area contributed by atoms with Gasteiger partial charge in [0.15, 0.2) is 0 Å². The van der Waals surface area contributed by atoms with Gasteiger partial charge in [0.2, 0.25) is 5.76 Å². The van der Waals surface area contributed by atoms with Crippen LogP contribution in [0, 0.1) is 0 Å². The standard InChI is InChI=1S/C28H30N2O4/c1-3-34-26(27(31)32)19-22-14-16-23(17-15-22)24-12-7-13-25(20-24)30(2)28(33)29-18-8-11-21-9-5-4-6-10-21/h4-7,9-10,12-17,19-20H,3,8,11,18H2,1-2H3,(H,29,33)(H,31,32)/b26-19+. The molecule has 6 heteroatoms. The lowest BCUT2D eigenvalue weighted by Crippen LogP contribution is -2.37. The SMILES string of the molecule is CCO/C(=C/c1ccc(-c2cccc(N(C)C(=O)NCCCc3ccccc3)c2)cc1)C(=O)O. The third kappa shape index (κ3) is 6.97. The summed E-state index contributed by atoms with van der Waals surface area (Å²) >= 11 is 0. The second-order valence-corrected chi connectivity index (χ2v) is 7.80. The number of amides is 2. The van der Waals surface area contributed by atoms with Gasteiger partial charge in [0.05, 0.1) is 6.61 Å². The first-order chi connectivity index (χ1) is 16.5. The summed E-state index contributed by atoms with van der Waals surface area (Å²) in [7, 11) is 1.75. The van der Waals surface area contributed by atoms with Gasteiger partial charge in [-0.25, -0.2) is 9.59 Å². The number of carbonyl (C=O) groups excluding carboxylic acids is 1. The molecule has 0 aromatic heterocycles. The summed E-state index contributed by atoms with van der Waals surface area (Å²) in [5.74, 6) is -1.19. The lowest BCUT2D eigenvalue weighted by atomic mass is 10.0. The van der Waals surface area contributed by atoms with E-state index in [4.69, 9.17) is 4.74 Å². The Bertz CT molecular complexity index is 1120. The lowest BCUT2D eigenvalue weighted by Gasteiger charge is -2.19. The van der Waals surface area contributed by atoms with E-state index in [-0.39, 0.29) is 18.4 Å². The summed E-state index contributed by atoms with van der Waals surface area (Å²) in [6.45, 7) is 2.64. The van der Waals surface area contributed by atoms with Crippen LogP contribution in [0.2, 0.25) is 0 Å². The minimum absolute atomic E-state index is 0.0892. The highest BCUT2D eigenvalue weighted by atomic mass is 16.5. The van der Waals surface area contributed by atoms with Crippen LogP contribution < -0.4 is 10.2 Å². The van der Waals surface area contributed by atoms with E-state index in [2.05, 4.69) is 17.4 Å². The van der Waals surface area contributed by atoms with Crippen LogP contribution >= 0.6 is 0 Å². The number of aliphatic carboxylic acids is 1. The molecule has 0 spiro atoms. The van der Waals surface area contributed by atoms with Gasteiger partial charge < -0.3 is 15.2 Å². The van der Waals surface area contributed by atoms with Crippen molar-refractivity contribution in [2.45, 2.75) is 19.8 Å². The lowest BCUT2D eigenvalue weighted by molar-refractivity contribution is -0.136. The number of carboxylic acids is 1. The third-order valence-electron chi connectivity index (χ3n) is 5.35. The van der Waals surface area contributed by atoms with Gasteiger partial charge in [-0.1, -0.05) is 66.7 Å². The number of hydrogen-bond acceptors (Lipinski definition) is 3. The maximum Gasteiger partial charge on any atom is 0.371 e. The molecule has 3 rings (SSSR count). The molecule has 0 radical (unpaired) electrons. The fourth-order valence-corrected chi connectivity index (χ4v) is 3.51. The van der Waals surface area contributed by atoms with Crippen molar-refractivity contribution < 1.29 is 19.4 Å². The van der Waals surface area contributed by atoms with E-state index in [0.29, 0.717) is 6.54 Å². The van der Waals surface area contributed by atoms with Gasteiger partial charge in [-0.2, -0.15) is 0 Å². The quantitative estimate of drug-likeness (QED) is 0.236. The Balaban J connectivity index is 1.61. The number of carbonyl (C=O) groups is 2. The number of ether oxygens (including phenoxy) is 1. The van der Waals surface area contributed by atoms with Gasteiger partial charge >= 0.3 is 12.0 Å². The summed E-state index contributed by atoms with van der Waals surface area (Å²) in [4.78, 5) is 25.5. The van der Waals surface area contributed by atoms with Crippen LogP contribution in [0.4, 0.5) is 10.5 Å². The van der Waals surface area contributed by atoms with Crippen LogP contribution in [0.5, 0.6) is 0 Å². The summed E-state index contributed by atoms with van der Waals surface area (Å²) in [5, 5.41) is 12.2. The van der Waals surface area contributed by atoms with E-state index < -0.39 is 5.97 Å². The van der Waals surface area contributed by atoms with E-state index in [0.717, 1.165) is 35.2 Å². The zero-order chi connectivity index (χ0) is 24.3. The van der Waals surface area contributed by atoms with Crippen molar-refractivity contribution in [3.63, 3.8) is 0 Å². The number of nitrogens with one attached hydrogen (secondary N) is 1. The molecule has 2 amide bonds. The van der Waals surface area contributed by atoms with E-state index >= 15 is 0 Å². The maximum atomic E-state index is 12.6. The number of aryl methyl sites for hydroxylation is 1. The molecule has 34 heavy (non-hydrogen) atoms. The Morgan fingerprint density at radius 1 is 0.971 bits per heavy atom. The first-order valence-corrected chi connectivity index (χ1v) is 11.3. The molecule has 3 aromatic rings. The molecular formula is C28H30N2O4. The van der Waals surface area contributed by atoms with Crippen molar-refractivity contribution in [3.8, 4) is 11.1 Å². The Kier molecular flexibility index (Phi) is 8.86. The fraction of sp³-hybridized carbons (Fsp3) is 0.214.